The molecule has 0 unspecified atom stereocenters. The summed E-state index contributed by atoms with van der Waals surface area (Å²) < 4.78 is 24.5. The number of anilines is 1. The molecule has 11 heteroatoms. The zero-order chi connectivity index (χ0) is 19.9. The van der Waals surface area contributed by atoms with E-state index in [2.05, 4.69) is 15.3 Å². The fourth-order valence-electron chi connectivity index (χ4n) is 2.42. The zero-order valence-corrected chi connectivity index (χ0v) is 17.7. The van der Waals surface area contributed by atoms with Crippen LogP contribution in [0.3, 0.4) is 0 Å². The number of rotatable bonds is 4. The third-order valence-electron chi connectivity index (χ3n) is 3.71. The van der Waals surface area contributed by atoms with E-state index in [-0.39, 0.29) is 10.8 Å². The lowest BCUT2D eigenvalue weighted by atomic mass is 10.2. The highest BCUT2D eigenvalue weighted by molar-refractivity contribution is 8.01. The minimum Gasteiger partial charge on any atom is -0.321 e. The second kappa shape index (κ2) is 7.49. The molecule has 0 bridgehead atoms. The Balaban J connectivity index is 1.52. The molecule has 0 saturated heterocycles. The van der Waals surface area contributed by atoms with Gasteiger partial charge >= 0.3 is 0 Å². The second-order valence-corrected chi connectivity index (χ2v) is 10.5. The van der Waals surface area contributed by atoms with E-state index < -0.39 is 9.84 Å². The van der Waals surface area contributed by atoms with Gasteiger partial charge in [-0.1, -0.05) is 41.0 Å². The van der Waals surface area contributed by atoms with E-state index >= 15 is 0 Å². The van der Waals surface area contributed by atoms with Crippen LogP contribution in [0.1, 0.15) is 15.2 Å². The van der Waals surface area contributed by atoms with Crippen LogP contribution in [0.25, 0.3) is 6.08 Å². The predicted octanol–water partition coefficient (Wildman–Crippen LogP) is 5.01. The standard InChI is InChI=1S/C17H9Cl2N3O3S3/c18-11-6-20-7-12(19)15(11)27-17-21-8-13(26-17)16(23)22-10-2-1-9-3-4-28(24,25)14(9)5-10/h1-8H,(H,22,23). The third kappa shape index (κ3) is 3.81. The van der Waals surface area contributed by atoms with Gasteiger partial charge in [0, 0.05) is 23.5 Å². The number of amides is 1. The van der Waals surface area contributed by atoms with Crippen molar-refractivity contribution in [2.45, 2.75) is 14.1 Å². The minimum absolute atomic E-state index is 0.174. The number of benzene rings is 1. The lowest BCUT2D eigenvalue weighted by molar-refractivity contribution is 0.103. The Kier molecular flexibility index (Phi) is 5.19. The summed E-state index contributed by atoms with van der Waals surface area (Å²) in [6.07, 6.45) is 5.93. The van der Waals surface area contributed by atoms with Crippen molar-refractivity contribution in [3.8, 4) is 0 Å². The van der Waals surface area contributed by atoms with Gasteiger partial charge in [-0.3, -0.25) is 9.78 Å². The number of nitrogens with zero attached hydrogens (tertiary/aromatic N) is 2. The predicted molar refractivity (Wildman–Crippen MR) is 111 cm³/mol. The first-order chi connectivity index (χ1) is 13.3. The number of aromatic nitrogens is 2. The maximum atomic E-state index is 12.5. The number of thiazole rings is 1. The van der Waals surface area contributed by atoms with Crippen molar-refractivity contribution in [3.05, 3.63) is 62.7 Å². The molecule has 1 N–H and O–H groups in total. The molecule has 0 atom stereocenters. The molecular formula is C17H9Cl2N3O3S3. The summed E-state index contributed by atoms with van der Waals surface area (Å²) in [6.45, 7) is 0. The number of nitrogens with one attached hydrogen (secondary N) is 1. The molecule has 1 aliphatic heterocycles. The topological polar surface area (TPSA) is 89.0 Å². The molecule has 1 aromatic carbocycles. The van der Waals surface area contributed by atoms with Crippen LogP contribution in [0.5, 0.6) is 0 Å². The summed E-state index contributed by atoms with van der Waals surface area (Å²) in [5.74, 6) is -0.389. The maximum Gasteiger partial charge on any atom is 0.267 e. The Bertz CT molecular complexity index is 1220. The van der Waals surface area contributed by atoms with Gasteiger partial charge < -0.3 is 5.32 Å². The Hall–Kier alpha value is -1.91. The molecule has 4 rings (SSSR count). The Morgan fingerprint density at radius 1 is 1.14 bits per heavy atom. The summed E-state index contributed by atoms with van der Waals surface area (Å²) in [5, 5.41) is 4.63. The molecule has 0 radical (unpaired) electrons. The van der Waals surface area contributed by atoms with Gasteiger partial charge in [-0.15, -0.1) is 11.3 Å². The molecule has 0 aliphatic carbocycles. The molecule has 6 nitrogen and oxygen atoms in total. The van der Waals surface area contributed by atoms with Crippen LogP contribution in [0.2, 0.25) is 10.0 Å². The molecule has 3 aromatic rings. The van der Waals surface area contributed by atoms with Crippen LogP contribution in [-0.4, -0.2) is 24.3 Å². The van der Waals surface area contributed by atoms with Crippen LogP contribution in [-0.2, 0) is 9.84 Å². The molecule has 142 valence electrons. The van der Waals surface area contributed by atoms with Crippen molar-refractivity contribution in [1.82, 2.24) is 9.97 Å². The molecule has 1 amide bonds. The molecular weight excluding hydrogens is 461 g/mol. The Morgan fingerprint density at radius 3 is 2.64 bits per heavy atom. The van der Waals surface area contributed by atoms with E-state index in [0.717, 1.165) is 5.41 Å². The lowest BCUT2D eigenvalue weighted by Gasteiger charge is -2.06. The number of carbonyl (C=O) groups excluding carboxylic acids is 1. The van der Waals surface area contributed by atoms with E-state index in [1.165, 1.54) is 53.8 Å². The molecule has 0 spiro atoms. The number of hydrogen-bond donors (Lipinski definition) is 1. The SMILES string of the molecule is O=C(Nc1ccc2c(c1)S(=O)(=O)C=C2)c1cnc(Sc2c(Cl)cncc2Cl)s1. The van der Waals surface area contributed by atoms with Gasteiger partial charge in [0.15, 0.2) is 4.34 Å². The monoisotopic (exact) mass is 469 g/mol. The van der Waals surface area contributed by atoms with Gasteiger partial charge in [0.1, 0.15) is 4.88 Å². The fourth-order valence-corrected chi connectivity index (χ4v) is 6.05. The molecule has 28 heavy (non-hydrogen) atoms. The lowest BCUT2D eigenvalue weighted by Crippen LogP contribution is -2.10. The number of halogens is 2. The van der Waals surface area contributed by atoms with Gasteiger partial charge in [0.25, 0.3) is 5.91 Å². The molecule has 0 saturated carbocycles. The first kappa shape index (κ1) is 19.4. The quantitative estimate of drug-likeness (QED) is 0.577. The Morgan fingerprint density at radius 2 is 1.89 bits per heavy atom. The maximum absolute atomic E-state index is 12.5. The summed E-state index contributed by atoms with van der Waals surface area (Å²) in [4.78, 5) is 21.8. The number of fused-ring (bicyclic) bond motifs is 1. The van der Waals surface area contributed by atoms with E-state index in [0.29, 0.717) is 35.4 Å². The minimum atomic E-state index is -3.44. The fraction of sp³-hybridized carbons (Fsp3) is 0. The van der Waals surface area contributed by atoms with E-state index in [4.69, 9.17) is 23.2 Å². The van der Waals surface area contributed by atoms with Crippen LogP contribution in [0, 0.1) is 0 Å². The van der Waals surface area contributed by atoms with Crippen LogP contribution in [0.15, 0.2) is 56.3 Å². The smallest absolute Gasteiger partial charge is 0.267 e. The second-order valence-electron chi connectivity index (χ2n) is 5.58. The number of pyridine rings is 1. The average molecular weight is 470 g/mol. The Labute approximate surface area is 178 Å². The highest BCUT2D eigenvalue weighted by Gasteiger charge is 2.21. The summed E-state index contributed by atoms with van der Waals surface area (Å²) >= 11 is 14.6. The summed E-state index contributed by atoms with van der Waals surface area (Å²) in [6, 6.07) is 4.73. The summed E-state index contributed by atoms with van der Waals surface area (Å²) in [5.41, 5.74) is 0.986. The van der Waals surface area contributed by atoms with E-state index in [1.54, 1.807) is 12.1 Å². The third-order valence-corrected chi connectivity index (χ3v) is 8.18. The van der Waals surface area contributed by atoms with Crippen molar-refractivity contribution >= 4 is 73.8 Å². The van der Waals surface area contributed by atoms with Crippen LogP contribution < -0.4 is 5.32 Å². The number of sulfone groups is 1. The molecule has 2 aromatic heterocycles. The van der Waals surface area contributed by atoms with Crippen molar-refractivity contribution in [3.63, 3.8) is 0 Å². The zero-order valence-electron chi connectivity index (χ0n) is 13.7. The molecule has 0 fully saturated rings. The number of carbonyl (C=O) groups is 1. The largest absolute Gasteiger partial charge is 0.321 e. The van der Waals surface area contributed by atoms with Crippen LogP contribution >= 0.6 is 46.3 Å². The first-order valence-corrected chi connectivity index (χ1v) is 11.6. The summed E-state index contributed by atoms with van der Waals surface area (Å²) in [7, 11) is -3.44. The highest BCUT2D eigenvalue weighted by Crippen LogP contribution is 2.39. The first-order valence-electron chi connectivity index (χ1n) is 7.65. The van der Waals surface area contributed by atoms with Gasteiger partial charge in [0.05, 0.1) is 26.0 Å². The van der Waals surface area contributed by atoms with E-state index in [1.807, 2.05) is 0 Å². The number of hydrogen-bond acceptors (Lipinski definition) is 7. The molecule has 3 heterocycles. The van der Waals surface area contributed by atoms with Crippen molar-refractivity contribution in [1.29, 1.82) is 0 Å². The van der Waals surface area contributed by atoms with Crippen LogP contribution in [0.4, 0.5) is 5.69 Å². The van der Waals surface area contributed by atoms with E-state index in [9.17, 15) is 13.2 Å². The van der Waals surface area contributed by atoms with Crippen molar-refractivity contribution in [2.24, 2.45) is 0 Å². The average Bonchev–Trinajstić information content (AvgIpc) is 3.23. The normalized spacial score (nSPS) is 14.1. The highest BCUT2D eigenvalue weighted by atomic mass is 35.5. The van der Waals surface area contributed by atoms with Gasteiger partial charge in [-0.05, 0) is 23.8 Å². The van der Waals surface area contributed by atoms with Crippen molar-refractivity contribution in [2.75, 3.05) is 5.32 Å². The molecule has 1 aliphatic rings. The van der Waals surface area contributed by atoms with Gasteiger partial charge in [-0.2, -0.15) is 0 Å². The van der Waals surface area contributed by atoms with Crippen molar-refractivity contribution < 1.29 is 13.2 Å². The van der Waals surface area contributed by atoms with Gasteiger partial charge in [-0.25, -0.2) is 13.4 Å². The van der Waals surface area contributed by atoms with Gasteiger partial charge in [0.2, 0.25) is 9.84 Å².